The number of esters is 1. The molecule has 0 radical (unpaired) electrons. The lowest BCUT2D eigenvalue weighted by Crippen LogP contribution is -2.16. The summed E-state index contributed by atoms with van der Waals surface area (Å²) in [5.74, 6) is 5.57. The second-order valence-corrected chi connectivity index (χ2v) is 7.87. The molecule has 0 spiro atoms. The number of allylic oxidation sites excluding steroid dienone is 2. The van der Waals surface area contributed by atoms with Crippen molar-refractivity contribution >= 4 is 17.3 Å². The van der Waals surface area contributed by atoms with Gasteiger partial charge in [-0.3, -0.25) is 10.6 Å². The summed E-state index contributed by atoms with van der Waals surface area (Å²) in [7, 11) is 0. The van der Waals surface area contributed by atoms with Gasteiger partial charge in [-0.15, -0.1) is 0 Å². The lowest BCUT2D eigenvalue weighted by Gasteiger charge is -2.24. The number of hydrogen-bond acceptors (Lipinski definition) is 5. The van der Waals surface area contributed by atoms with Crippen LogP contribution in [0.15, 0.2) is 42.0 Å². The van der Waals surface area contributed by atoms with E-state index in [-0.39, 0.29) is 11.9 Å². The lowest BCUT2D eigenvalue weighted by atomic mass is 9.83. The van der Waals surface area contributed by atoms with Crippen molar-refractivity contribution in [2.75, 3.05) is 23.9 Å². The van der Waals surface area contributed by atoms with Gasteiger partial charge in [-0.25, -0.2) is 0 Å². The summed E-state index contributed by atoms with van der Waals surface area (Å²) in [5.41, 5.74) is 12.0. The molecule has 0 saturated carbocycles. The largest absolute Gasteiger partial charge is 0.466 e. The number of hydrogen-bond donors (Lipinski definition) is 3. The SMILES string of the molecule is CCNc1ccc([C@H](CC(=O)OCC)c2ccc(C)c(CC3=CC3)c2)c(C)c1NN. The molecule has 1 aliphatic rings. The van der Waals surface area contributed by atoms with Crippen LogP contribution in [0.25, 0.3) is 0 Å². The average molecular weight is 408 g/mol. The van der Waals surface area contributed by atoms with Gasteiger partial charge in [-0.05, 0) is 74.4 Å². The monoisotopic (exact) mass is 407 g/mol. The Kier molecular flexibility index (Phi) is 7.16. The normalized spacial score (nSPS) is 13.4. The summed E-state index contributed by atoms with van der Waals surface area (Å²) >= 11 is 0. The maximum atomic E-state index is 12.5. The first-order valence-electron chi connectivity index (χ1n) is 10.7. The first-order valence-corrected chi connectivity index (χ1v) is 10.7. The van der Waals surface area contributed by atoms with Crippen molar-refractivity contribution in [3.63, 3.8) is 0 Å². The van der Waals surface area contributed by atoms with Gasteiger partial charge in [0.1, 0.15) is 0 Å². The molecule has 0 aliphatic heterocycles. The van der Waals surface area contributed by atoms with E-state index in [0.717, 1.165) is 47.5 Å². The van der Waals surface area contributed by atoms with Crippen molar-refractivity contribution in [3.05, 3.63) is 69.8 Å². The zero-order valence-electron chi connectivity index (χ0n) is 18.5. The Bertz CT molecular complexity index is 950. The Balaban J connectivity index is 2.05. The predicted octanol–water partition coefficient (Wildman–Crippen LogP) is 4.98. The number of anilines is 2. The fourth-order valence-corrected chi connectivity index (χ4v) is 3.98. The van der Waals surface area contributed by atoms with E-state index in [1.807, 2.05) is 19.9 Å². The van der Waals surface area contributed by atoms with Crippen LogP contribution in [0.2, 0.25) is 0 Å². The van der Waals surface area contributed by atoms with Gasteiger partial charge in [0.25, 0.3) is 0 Å². The molecule has 3 rings (SSSR count). The van der Waals surface area contributed by atoms with E-state index in [9.17, 15) is 4.79 Å². The first-order chi connectivity index (χ1) is 14.5. The molecule has 2 aromatic carbocycles. The lowest BCUT2D eigenvalue weighted by molar-refractivity contribution is -0.143. The molecule has 5 heteroatoms. The van der Waals surface area contributed by atoms with E-state index in [0.29, 0.717) is 13.0 Å². The minimum atomic E-state index is -0.188. The molecule has 0 saturated heterocycles. The summed E-state index contributed by atoms with van der Waals surface area (Å²) in [6.45, 7) is 9.27. The molecular weight excluding hydrogens is 374 g/mol. The molecule has 2 aromatic rings. The summed E-state index contributed by atoms with van der Waals surface area (Å²) in [6.07, 6.45) is 4.67. The number of carbonyl (C=O) groups is 1. The van der Waals surface area contributed by atoms with Crippen LogP contribution >= 0.6 is 0 Å². The fraction of sp³-hybridized carbons (Fsp3) is 0.400. The number of nitrogens with one attached hydrogen (secondary N) is 2. The molecular formula is C25H33N3O2. The molecule has 30 heavy (non-hydrogen) atoms. The number of rotatable bonds is 10. The fourth-order valence-electron chi connectivity index (χ4n) is 3.98. The van der Waals surface area contributed by atoms with Crippen LogP contribution < -0.4 is 16.6 Å². The van der Waals surface area contributed by atoms with Crippen molar-refractivity contribution in [1.29, 1.82) is 0 Å². The third-order valence-electron chi connectivity index (χ3n) is 5.76. The molecule has 160 valence electrons. The van der Waals surface area contributed by atoms with Gasteiger partial charge in [0, 0.05) is 12.5 Å². The first kappa shape index (κ1) is 21.9. The third kappa shape index (κ3) is 5.03. The molecule has 1 aliphatic carbocycles. The van der Waals surface area contributed by atoms with Crippen LogP contribution in [0.1, 0.15) is 60.4 Å². The highest BCUT2D eigenvalue weighted by atomic mass is 16.5. The average Bonchev–Trinajstić information content (AvgIpc) is 3.53. The molecule has 0 heterocycles. The van der Waals surface area contributed by atoms with Crippen LogP contribution in [-0.4, -0.2) is 19.1 Å². The van der Waals surface area contributed by atoms with Crippen molar-refractivity contribution in [3.8, 4) is 0 Å². The number of aryl methyl sites for hydroxylation is 1. The van der Waals surface area contributed by atoms with Crippen molar-refractivity contribution in [2.24, 2.45) is 5.84 Å². The zero-order valence-corrected chi connectivity index (χ0v) is 18.5. The van der Waals surface area contributed by atoms with Gasteiger partial charge in [0.05, 0.1) is 24.4 Å². The number of hydrazine groups is 1. The van der Waals surface area contributed by atoms with Gasteiger partial charge in [-0.1, -0.05) is 35.9 Å². The topological polar surface area (TPSA) is 76.4 Å². The highest BCUT2D eigenvalue weighted by molar-refractivity contribution is 5.76. The Hall–Kier alpha value is -2.79. The number of nitrogen functional groups attached to an aromatic ring is 1. The highest BCUT2D eigenvalue weighted by Gasteiger charge is 2.24. The van der Waals surface area contributed by atoms with E-state index in [1.54, 1.807) is 0 Å². The van der Waals surface area contributed by atoms with Gasteiger partial charge < -0.3 is 15.5 Å². The molecule has 0 bridgehead atoms. The molecule has 1 atom stereocenters. The number of carbonyl (C=O) groups excluding carboxylic acids is 1. The minimum absolute atomic E-state index is 0.0978. The minimum Gasteiger partial charge on any atom is -0.466 e. The van der Waals surface area contributed by atoms with Crippen LogP contribution in [0.5, 0.6) is 0 Å². The highest BCUT2D eigenvalue weighted by Crippen LogP contribution is 2.38. The molecule has 0 fully saturated rings. The van der Waals surface area contributed by atoms with E-state index < -0.39 is 0 Å². The van der Waals surface area contributed by atoms with Crippen LogP contribution in [0.4, 0.5) is 11.4 Å². The Morgan fingerprint density at radius 2 is 1.97 bits per heavy atom. The van der Waals surface area contributed by atoms with Crippen molar-refractivity contribution < 1.29 is 9.53 Å². The number of ether oxygens (including phenoxy) is 1. The van der Waals surface area contributed by atoms with Gasteiger partial charge in [0.15, 0.2) is 0 Å². The van der Waals surface area contributed by atoms with E-state index in [1.165, 1.54) is 16.7 Å². The summed E-state index contributed by atoms with van der Waals surface area (Å²) in [6, 6.07) is 10.7. The van der Waals surface area contributed by atoms with Crippen LogP contribution in [0.3, 0.4) is 0 Å². The smallest absolute Gasteiger partial charge is 0.306 e. The third-order valence-corrected chi connectivity index (χ3v) is 5.76. The second kappa shape index (κ2) is 9.81. The van der Waals surface area contributed by atoms with E-state index in [2.05, 4.69) is 54.9 Å². The summed E-state index contributed by atoms with van der Waals surface area (Å²) in [5, 5.41) is 3.34. The molecule has 0 unspecified atom stereocenters. The maximum absolute atomic E-state index is 12.5. The van der Waals surface area contributed by atoms with E-state index >= 15 is 0 Å². The Labute approximate surface area is 179 Å². The van der Waals surface area contributed by atoms with Crippen molar-refractivity contribution in [1.82, 2.24) is 0 Å². The molecule has 4 N–H and O–H groups in total. The summed E-state index contributed by atoms with van der Waals surface area (Å²) in [4.78, 5) is 12.5. The quantitative estimate of drug-likeness (QED) is 0.224. The standard InChI is InChI=1S/C25H33N3O2/c1-5-27-23-12-11-21(17(4)25(23)28-26)22(15-24(29)30-6-2)19-10-7-16(3)20(14-19)13-18-8-9-18/h7-8,10-12,14,22,27-28H,5-6,9,13,15,26H2,1-4H3/t22-/m1/s1. The van der Waals surface area contributed by atoms with Crippen molar-refractivity contribution in [2.45, 2.75) is 52.9 Å². The van der Waals surface area contributed by atoms with Crippen LogP contribution in [0, 0.1) is 13.8 Å². The molecule has 0 aromatic heterocycles. The number of nitrogens with two attached hydrogens (primary N) is 1. The molecule has 0 amide bonds. The maximum Gasteiger partial charge on any atom is 0.306 e. The zero-order chi connectivity index (χ0) is 21.7. The second-order valence-electron chi connectivity index (χ2n) is 7.87. The molecule has 5 nitrogen and oxygen atoms in total. The van der Waals surface area contributed by atoms with E-state index in [4.69, 9.17) is 10.6 Å². The van der Waals surface area contributed by atoms with Crippen LogP contribution in [-0.2, 0) is 16.0 Å². The number of benzene rings is 2. The Morgan fingerprint density at radius 3 is 2.60 bits per heavy atom. The van der Waals surface area contributed by atoms with Gasteiger partial charge in [-0.2, -0.15) is 0 Å². The Morgan fingerprint density at radius 1 is 1.20 bits per heavy atom. The predicted molar refractivity (Wildman–Crippen MR) is 124 cm³/mol. The summed E-state index contributed by atoms with van der Waals surface area (Å²) < 4.78 is 5.30. The van der Waals surface area contributed by atoms with Gasteiger partial charge in [0.2, 0.25) is 0 Å². The van der Waals surface area contributed by atoms with Gasteiger partial charge >= 0.3 is 5.97 Å².